The molecule has 0 saturated carbocycles. The molecule has 0 radical (unpaired) electrons. The first kappa shape index (κ1) is 21.5. The average Bonchev–Trinajstić information content (AvgIpc) is 2.76. The zero-order valence-corrected chi connectivity index (χ0v) is 17.7. The Morgan fingerprint density at radius 3 is 2.12 bits per heavy atom. The van der Waals surface area contributed by atoms with Crippen molar-refractivity contribution in [2.45, 2.75) is 6.42 Å². The van der Waals surface area contributed by atoms with Crippen LogP contribution in [0.5, 0.6) is 5.75 Å². The van der Waals surface area contributed by atoms with Crippen molar-refractivity contribution in [3.05, 3.63) is 82.9 Å². The first-order chi connectivity index (χ1) is 15.3. The van der Waals surface area contributed by atoms with Crippen LogP contribution in [0.4, 0.5) is 17.1 Å². The fraction of sp³-hybridized carbons (Fsp3) is 0.130. The first-order valence-electron chi connectivity index (χ1n) is 9.81. The molecule has 0 bridgehead atoms. The topological polar surface area (TPSA) is 136 Å². The van der Waals surface area contributed by atoms with Gasteiger partial charge >= 0.3 is 0 Å². The van der Waals surface area contributed by atoms with Crippen molar-refractivity contribution < 1.29 is 27.3 Å². The minimum atomic E-state index is -4.12. The van der Waals surface area contributed by atoms with E-state index in [0.717, 1.165) is 0 Å². The number of nitrogens with two attached hydrogens (primary N) is 1. The van der Waals surface area contributed by atoms with Gasteiger partial charge in [0, 0.05) is 22.9 Å². The number of para-hydroxylation sites is 1. The van der Waals surface area contributed by atoms with Gasteiger partial charge in [-0.3, -0.25) is 14.1 Å². The maximum absolute atomic E-state index is 13.3. The lowest BCUT2D eigenvalue weighted by molar-refractivity contribution is 0.0980. The van der Waals surface area contributed by atoms with Crippen LogP contribution in [0, 0.1) is 0 Å². The van der Waals surface area contributed by atoms with Gasteiger partial charge in [0.25, 0.3) is 10.1 Å². The highest BCUT2D eigenvalue weighted by Crippen LogP contribution is 2.41. The van der Waals surface area contributed by atoms with E-state index in [0.29, 0.717) is 16.9 Å². The van der Waals surface area contributed by atoms with Gasteiger partial charge in [0.2, 0.25) is 0 Å². The van der Waals surface area contributed by atoms with Crippen LogP contribution in [0.15, 0.2) is 60.7 Å². The number of carbonyl (C=O) groups is 2. The van der Waals surface area contributed by atoms with Gasteiger partial charge in [0.15, 0.2) is 11.6 Å². The summed E-state index contributed by atoms with van der Waals surface area (Å²) in [5, 5.41) is 3.15. The van der Waals surface area contributed by atoms with Gasteiger partial charge in [-0.25, -0.2) is 0 Å². The van der Waals surface area contributed by atoms with Crippen LogP contribution in [0.3, 0.4) is 0 Å². The van der Waals surface area contributed by atoms with Crippen LogP contribution in [0.2, 0.25) is 0 Å². The van der Waals surface area contributed by atoms with Crippen LogP contribution < -0.4 is 15.8 Å². The second-order valence-corrected chi connectivity index (χ2v) is 8.84. The molecule has 0 amide bonds. The summed E-state index contributed by atoms with van der Waals surface area (Å²) < 4.78 is 36.4. The number of carbonyl (C=O) groups excluding carboxylic acids is 2. The summed E-state index contributed by atoms with van der Waals surface area (Å²) >= 11 is 0. The van der Waals surface area contributed by atoms with E-state index in [4.69, 9.17) is 15.0 Å². The number of fused-ring (bicyclic) bond motifs is 2. The van der Waals surface area contributed by atoms with Crippen LogP contribution in [-0.4, -0.2) is 36.9 Å². The quantitative estimate of drug-likeness (QED) is 0.220. The molecule has 9 heteroatoms. The Labute approximate surface area is 184 Å². The number of rotatable bonds is 7. The highest BCUT2D eigenvalue weighted by atomic mass is 32.2. The molecule has 3 aromatic carbocycles. The van der Waals surface area contributed by atoms with E-state index in [1.165, 1.54) is 6.07 Å². The van der Waals surface area contributed by atoms with Crippen LogP contribution in [-0.2, 0) is 10.1 Å². The third-order valence-corrected chi connectivity index (χ3v) is 5.86. The summed E-state index contributed by atoms with van der Waals surface area (Å²) in [6, 6.07) is 17.1. The number of ether oxygens (including phenoxy) is 1. The average molecular weight is 452 g/mol. The van der Waals surface area contributed by atoms with Crippen LogP contribution in [0.25, 0.3) is 0 Å². The number of anilines is 3. The van der Waals surface area contributed by atoms with Gasteiger partial charge < -0.3 is 15.8 Å². The summed E-state index contributed by atoms with van der Waals surface area (Å²) in [6.45, 7) is -0.0632. The lowest BCUT2D eigenvalue weighted by atomic mass is 9.82. The molecule has 0 spiro atoms. The second-order valence-electron chi connectivity index (χ2n) is 7.27. The van der Waals surface area contributed by atoms with Crippen molar-refractivity contribution in [1.29, 1.82) is 0 Å². The molecule has 4 N–H and O–H groups in total. The van der Waals surface area contributed by atoms with E-state index in [-0.39, 0.29) is 46.9 Å². The lowest BCUT2D eigenvalue weighted by Crippen LogP contribution is -2.24. The highest BCUT2D eigenvalue weighted by Gasteiger charge is 2.35. The summed E-state index contributed by atoms with van der Waals surface area (Å²) in [7, 11) is -4.12. The third-order valence-electron chi connectivity index (χ3n) is 5.06. The first-order valence-corrected chi connectivity index (χ1v) is 11.4. The van der Waals surface area contributed by atoms with Gasteiger partial charge in [-0.15, -0.1) is 0 Å². The Bertz CT molecular complexity index is 1320. The van der Waals surface area contributed by atoms with E-state index in [1.807, 2.05) is 18.2 Å². The number of nitrogens with one attached hydrogen (secondary N) is 1. The zero-order chi connectivity index (χ0) is 22.9. The fourth-order valence-electron chi connectivity index (χ4n) is 3.61. The minimum Gasteiger partial charge on any atom is -0.491 e. The molecule has 32 heavy (non-hydrogen) atoms. The minimum absolute atomic E-state index is 0.00156. The van der Waals surface area contributed by atoms with Crippen molar-refractivity contribution in [3.8, 4) is 5.75 Å². The molecule has 0 aliphatic heterocycles. The van der Waals surface area contributed by atoms with Gasteiger partial charge in [-0.2, -0.15) is 8.42 Å². The van der Waals surface area contributed by atoms with E-state index >= 15 is 0 Å². The Balaban J connectivity index is 1.79. The summed E-state index contributed by atoms with van der Waals surface area (Å²) in [5.74, 6) is -1.07. The van der Waals surface area contributed by atoms with Gasteiger partial charge in [-0.1, -0.05) is 42.5 Å². The summed E-state index contributed by atoms with van der Waals surface area (Å²) in [4.78, 5) is 26.6. The molecule has 3 aromatic rings. The molecule has 0 fully saturated rings. The van der Waals surface area contributed by atoms with Crippen molar-refractivity contribution in [1.82, 2.24) is 0 Å². The Morgan fingerprint density at radius 2 is 1.50 bits per heavy atom. The molecule has 0 saturated heterocycles. The predicted octanol–water partition coefficient (Wildman–Crippen LogP) is 3.44. The second kappa shape index (κ2) is 8.45. The maximum atomic E-state index is 13.3. The van der Waals surface area contributed by atoms with Crippen LogP contribution in [0.1, 0.15) is 38.3 Å². The standard InChI is InChI=1S/C23H20N2O6S/c24-21-18(31-11-6-12-32(28,29)30)13-17(25-14-7-2-1-3-8-14)19-20(21)23(27)16-10-5-4-9-15(16)22(19)26/h1-5,7-10,13,25H,6,11-12,24H2,(H,28,29,30). The molecule has 4 rings (SSSR count). The predicted molar refractivity (Wildman–Crippen MR) is 120 cm³/mol. The number of hydrogen-bond donors (Lipinski definition) is 3. The molecule has 8 nitrogen and oxygen atoms in total. The molecular formula is C23H20N2O6S. The Kier molecular flexibility index (Phi) is 5.68. The molecule has 1 aliphatic rings. The van der Waals surface area contributed by atoms with E-state index in [9.17, 15) is 18.0 Å². The smallest absolute Gasteiger partial charge is 0.264 e. The normalized spacial score (nSPS) is 12.8. The largest absolute Gasteiger partial charge is 0.491 e. The van der Waals surface area contributed by atoms with Crippen molar-refractivity contribution in [3.63, 3.8) is 0 Å². The SMILES string of the molecule is Nc1c(OCCCS(=O)(=O)O)cc(Nc2ccccc2)c2c1C(=O)c1ccccc1C2=O. The number of hydrogen-bond acceptors (Lipinski definition) is 7. The number of ketones is 2. The highest BCUT2D eigenvalue weighted by molar-refractivity contribution is 7.85. The van der Waals surface area contributed by atoms with E-state index in [1.54, 1.807) is 36.4 Å². The molecule has 0 heterocycles. The molecule has 0 unspecified atom stereocenters. The zero-order valence-electron chi connectivity index (χ0n) is 16.9. The molecule has 0 atom stereocenters. The number of benzene rings is 3. The van der Waals surface area contributed by atoms with Gasteiger partial charge in [-0.05, 0) is 18.6 Å². The maximum Gasteiger partial charge on any atom is 0.264 e. The molecule has 1 aliphatic carbocycles. The third kappa shape index (κ3) is 4.20. The molecular weight excluding hydrogens is 432 g/mol. The van der Waals surface area contributed by atoms with Gasteiger partial charge in [0.1, 0.15) is 5.75 Å². The Morgan fingerprint density at radius 1 is 0.906 bits per heavy atom. The van der Waals surface area contributed by atoms with Crippen LogP contribution >= 0.6 is 0 Å². The van der Waals surface area contributed by atoms with Crippen molar-refractivity contribution >= 4 is 38.7 Å². The van der Waals surface area contributed by atoms with E-state index < -0.39 is 21.7 Å². The Hall–Kier alpha value is -3.69. The number of nitrogen functional groups attached to an aromatic ring is 1. The van der Waals surface area contributed by atoms with Gasteiger partial charge in [0.05, 0.1) is 34.9 Å². The monoisotopic (exact) mass is 452 g/mol. The van der Waals surface area contributed by atoms with Crippen molar-refractivity contribution in [2.75, 3.05) is 23.4 Å². The lowest BCUT2D eigenvalue weighted by Gasteiger charge is -2.24. The molecule has 164 valence electrons. The van der Waals surface area contributed by atoms with E-state index in [2.05, 4.69) is 5.32 Å². The molecule has 0 aromatic heterocycles. The fourth-order valence-corrected chi connectivity index (χ4v) is 4.09. The summed E-state index contributed by atoms with van der Waals surface area (Å²) in [5.41, 5.74) is 8.03. The van der Waals surface area contributed by atoms with Crippen molar-refractivity contribution in [2.24, 2.45) is 0 Å². The summed E-state index contributed by atoms with van der Waals surface area (Å²) in [6.07, 6.45) is 0.0204.